The van der Waals surface area contributed by atoms with Crippen molar-refractivity contribution in [3.8, 4) is 0 Å². The van der Waals surface area contributed by atoms with E-state index in [1.54, 1.807) is 13.8 Å². The summed E-state index contributed by atoms with van der Waals surface area (Å²) in [6.45, 7) is 8.76. The molecule has 0 saturated carbocycles. The molecule has 0 aromatic carbocycles. The molecule has 26 heavy (non-hydrogen) atoms. The third-order valence-electron chi connectivity index (χ3n) is 4.14. The number of urea groups is 1. The van der Waals surface area contributed by atoms with Crippen LogP contribution < -0.4 is 10.6 Å². The van der Waals surface area contributed by atoms with Crippen molar-refractivity contribution in [2.75, 3.05) is 18.5 Å². The molecule has 1 atom stereocenters. The summed E-state index contributed by atoms with van der Waals surface area (Å²) in [6.07, 6.45) is 0. The van der Waals surface area contributed by atoms with Gasteiger partial charge < -0.3 is 15.4 Å². The Bertz CT molecular complexity index is 756. The zero-order valence-corrected chi connectivity index (χ0v) is 16.3. The average Bonchev–Trinajstić information content (AvgIpc) is 2.98. The van der Waals surface area contributed by atoms with Gasteiger partial charge in [0.15, 0.2) is 0 Å². The average molecular weight is 381 g/mol. The molecule has 1 fully saturated rings. The van der Waals surface area contributed by atoms with E-state index >= 15 is 0 Å². The van der Waals surface area contributed by atoms with Crippen LogP contribution in [0.1, 0.15) is 41.6 Å². The summed E-state index contributed by atoms with van der Waals surface area (Å²) >= 11 is 1.25. The number of esters is 1. The van der Waals surface area contributed by atoms with Crippen LogP contribution in [0.3, 0.4) is 0 Å². The number of thiophene rings is 1. The number of nitrogens with one attached hydrogen (secondary N) is 2. The summed E-state index contributed by atoms with van der Waals surface area (Å²) < 4.78 is 5.04. The quantitative estimate of drug-likeness (QED) is 0.580. The fraction of sp³-hybridized carbons (Fsp3) is 0.529. The highest BCUT2D eigenvalue weighted by Crippen LogP contribution is 2.33. The molecule has 1 aliphatic heterocycles. The highest BCUT2D eigenvalue weighted by molar-refractivity contribution is 7.16. The van der Waals surface area contributed by atoms with Gasteiger partial charge in [-0.2, -0.15) is 0 Å². The molecule has 9 heteroatoms. The SMILES string of the molecule is CCOC(=O)c1c(NC(=O)CN2C(=O)NC(C(C)C)C2=O)sc(C)c1C. The summed E-state index contributed by atoms with van der Waals surface area (Å²) in [5.41, 5.74) is 1.04. The lowest BCUT2D eigenvalue weighted by Crippen LogP contribution is -2.39. The second-order valence-electron chi connectivity index (χ2n) is 6.35. The third-order valence-corrected chi connectivity index (χ3v) is 5.27. The second kappa shape index (κ2) is 7.86. The van der Waals surface area contributed by atoms with E-state index in [0.717, 1.165) is 15.3 Å². The zero-order chi connectivity index (χ0) is 19.6. The van der Waals surface area contributed by atoms with Gasteiger partial charge >= 0.3 is 12.0 Å². The molecule has 1 unspecified atom stereocenters. The van der Waals surface area contributed by atoms with Crippen molar-refractivity contribution >= 4 is 40.2 Å². The molecule has 4 amide bonds. The van der Waals surface area contributed by atoms with Crippen molar-refractivity contribution in [1.29, 1.82) is 0 Å². The van der Waals surface area contributed by atoms with Gasteiger partial charge in [0, 0.05) is 4.88 Å². The first-order chi connectivity index (χ1) is 12.2. The molecule has 0 spiro atoms. The number of anilines is 1. The molecule has 0 aliphatic carbocycles. The van der Waals surface area contributed by atoms with Crippen LogP contribution in [0.25, 0.3) is 0 Å². The highest BCUT2D eigenvalue weighted by atomic mass is 32.1. The Morgan fingerprint density at radius 2 is 1.96 bits per heavy atom. The summed E-state index contributed by atoms with van der Waals surface area (Å²) in [5.74, 6) is -1.56. The van der Waals surface area contributed by atoms with Crippen molar-refractivity contribution < 1.29 is 23.9 Å². The molecular weight excluding hydrogens is 358 g/mol. The number of carbonyl (C=O) groups is 4. The van der Waals surface area contributed by atoms with Crippen molar-refractivity contribution in [1.82, 2.24) is 10.2 Å². The van der Waals surface area contributed by atoms with Gasteiger partial charge in [-0.25, -0.2) is 9.59 Å². The largest absolute Gasteiger partial charge is 0.462 e. The molecule has 1 aromatic heterocycles. The minimum Gasteiger partial charge on any atom is -0.462 e. The Morgan fingerprint density at radius 3 is 2.50 bits per heavy atom. The van der Waals surface area contributed by atoms with E-state index in [9.17, 15) is 19.2 Å². The van der Waals surface area contributed by atoms with Gasteiger partial charge in [-0.05, 0) is 32.3 Å². The van der Waals surface area contributed by atoms with Crippen LogP contribution in [0.2, 0.25) is 0 Å². The van der Waals surface area contributed by atoms with Crippen LogP contribution in [-0.4, -0.2) is 47.9 Å². The number of rotatable bonds is 6. The molecule has 142 valence electrons. The van der Waals surface area contributed by atoms with Crippen LogP contribution >= 0.6 is 11.3 Å². The Kier molecular flexibility index (Phi) is 6.01. The Labute approximate surface area is 155 Å². The lowest BCUT2D eigenvalue weighted by molar-refractivity contribution is -0.131. The topological polar surface area (TPSA) is 105 Å². The molecule has 2 N–H and O–H groups in total. The van der Waals surface area contributed by atoms with Gasteiger partial charge in [0.05, 0.1) is 12.2 Å². The number of imide groups is 1. The first-order valence-corrected chi connectivity index (χ1v) is 9.17. The summed E-state index contributed by atoms with van der Waals surface area (Å²) in [6, 6.07) is -1.22. The molecular formula is C17H23N3O5S. The van der Waals surface area contributed by atoms with E-state index in [2.05, 4.69) is 10.6 Å². The van der Waals surface area contributed by atoms with Crippen LogP contribution in [-0.2, 0) is 14.3 Å². The molecule has 2 heterocycles. The molecule has 0 radical (unpaired) electrons. The number of hydrogen-bond donors (Lipinski definition) is 2. The first kappa shape index (κ1) is 19.9. The predicted octanol–water partition coefficient (Wildman–Crippen LogP) is 2.06. The Morgan fingerprint density at radius 1 is 1.31 bits per heavy atom. The Balaban J connectivity index is 2.14. The van der Waals surface area contributed by atoms with Crippen LogP contribution in [0.5, 0.6) is 0 Å². The Hall–Kier alpha value is -2.42. The first-order valence-electron chi connectivity index (χ1n) is 8.36. The van der Waals surface area contributed by atoms with Crippen molar-refractivity contribution in [2.45, 2.75) is 40.7 Å². The van der Waals surface area contributed by atoms with E-state index in [1.807, 2.05) is 20.8 Å². The fourth-order valence-corrected chi connectivity index (χ4v) is 3.68. The molecule has 0 bridgehead atoms. The standard InChI is InChI=1S/C17H23N3O5S/c1-6-25-16(23)12-9(4)10(5)26-14(12)18-11(21)7-20-15(22)13(8(2)3)19-17(20)24/h8,13H,6-7H2,1-5H3,(H,18,21)(H,19,24). The third kappa shape index (κ3) is 3.87. The van der Waals surface area contributed by atoms with Crippen LogP contribution in [0.4, 0.5) is 9.80 Å². The van der Waals surface area contributed by atoms with Gasteiger partial charge in [0.2, 0.25) is 5.91 Å². The minimum atomic E-state index is -0.628. The van der Waals surface area contributed by atoms with Crippen molar-refractivity contribution in [3.05, 3.63) is 16.0 Å². The van der Waals surface area contributed by atoms with Crippen LogP contribution in [0.15, 0.2) is 0 Å². The maximum Gasteiger partial charge on any atom is 0.341 e. The number of amides is 4. The summed E-state index contributed by atoms with van der Waals surface area (Å²) in [7, 11) is 0. The number of nitrogens with zero attached hydrogens (tertiary/aromatic N) is 1. The van der Waals surface area contributed by atoms with Gasteiger partial charge in [0.1, 0.15) is 17.6 Å². The molecule has 2 rings (SSSR count). The summed E-state index contributed by atoms with van der Waals surface area (Å²) in [5, 5.41) is 5.55. The highest BCUT2D eigenvalue weighted by Gasteiger charge is 2.40. The zero-order valence-electron chi connectivity index (χ0n) is 15.5. The van der Waals surface area contributed by atoms with Crippen molar-refractivity contribution in [2.24, 2.45) is 5.92 Å². The maximum absolute atomic E-state index is 12.4. The van der Waals surface area contributed by atoms with Gasteiger partial charge in [0.25, 0.3) is 5.91 Å². The lowest BCUT2D eigenvalue weighted by atomic mass is 10.1. The van der Waals surface area contributed by atoms with Gasteiger partial charge in [-0.3, -0.25) is 14.5 Å². The smallest absolute Gasteiger partial charge is 0.341 e. The van der Waals surface area contributed by atoms with E-state index in [-0.39, 0.29) is 12.5 Å². The molecule has 1 aliphatic rings. The number of aryl methyl sites for hydroxylation is 1. The normalized spacial score (nSPS) is 16.8. The molecule has 1 saturated heterocycles. The van der Waals surface area contributed by atoms with Crippen molar-refractivity contribution in [3.63, 3.8) is 0 Å². The molecule has 1 aromatic rings. The lowest BCUT2D eigenvalue weighted by Gasteiger charge is -2.14. The molecule has 8 nitrogen and oxygen atoms in total. The number of ether oxygens (including phenoxy) is 1. The minimum absolute atomic E-state index is 0.0717. The van der Waals surface area contributed by atoms with Gasteiger partial charge in [-0.1, -0.05) is 13.8 Å². The van der Waals surface area contributed by atoms with E-state index in [1.165, 1.54) is 11.3 Å². The van der Waals surface area contributed by atoms with E-state index < -0.39 is 36.4 Å². The number of carbonyl (C=O) groups excluding carboxylic acids is 4. The monoisotopic (exact) mass is 381 g/mol. The number of hydrogen-bond acceptors (Lipinski definition) is 6. The van der Waals surface area contributed by atoms with E-state index in [4.69, 9.17) is 4.74 Å². The predicted molar refractivity (Wildman–Crippen MR) is 97.2 cm³/mol. The fourth-order valence-electron chi connectivity index (χ4n) is 2.62. The maximum atomic E-state index is 12.4. The summed E-state index contributed by atoms with van der Waals surface area (Å²) in [4.78, 5) is 50.5. The van der Waals surface area contributed by atoms with E-state index in [0.29, 0.717) is 10.6 Å². The second-order valence-corrected chi connectivity index (χ2v) is 7.58. The van der Waals surface area contributed by atoms with Crippen LogP contribution in [0, 0.1) is 19.8 Å². The van der Waals surface area contributed by atoms with Gasteiger partial charge in [-0.15, -0.1) is 11.3 Å².